The molecular weight excluding hydrogens is 162 g/mol. The molecule has 68 valence electrons. The number of carbonyl (C=O) groups is 2. The molecule has 12 heavy (non-hydrogen) atoms. The van der Waals surface area contributed by atoms with Crippen LogP contribution in [-0.4, -0.2) is 38.2 Å². The molecule has 0 saturated carbocycles. The minimum atomic E-state index is -0.648. The molecule has 5 heteroatoms. The monoisotopic (exact) mass is 173 g/mol. The SMILES string of the molecule is COC(=O)C1COCCC(=O)N1. The van der Waals surface area contributed by atoms with Crippen LogP contribution in [0.3, 0.4) is 0 Å². The molecule has 0 spiro atoms. The Morgan fingerprint density at radius 2 is 2.50 bits per heavy atom. The third-order valence-electron chi connectivity index (χ3n) is 1.58. The molecule has 1 heterocycles. The summed E-state index contributed by atoms with van der Waals surface area (Å²) < 4.78 is 9.48. The zero-order chi connectivity index (χ0) is 8.97. The molecule has 0 aromatic rings. The van der Waals surface area contributed by atoms with Crippen molar-refractivity contribution in [1.82, 2.24) is 5.32 Å². The molecule has 1 aliphatic heterocycles. The van der Waals surface area contributed by atoms with E-state index in [9.17, 15) is 9.59 Å². The van der Waals surface area contributed by atoms with Gasteiger partial charge in [0.25, 0.3) is 0 Å². The van der Waals surface area contributed by atoms with Crippen molar-refractivity contribution in [2.24, 2.45) is 0 Å². The van der Waals surface area contributed by atoms with Gasteiger partial charge in [-0.2, -0.15) is 0 Å². The smallest absolute Gasteiger partial charge is 0.330 e. The minimum absolute atomic E-state index is 0.178. The van der Waals surface area contributed by atoms with Crippen LogP contribution < -0.4 is 5.32 Å². The number of methoxy groups -OCH3 is 1. The van der Waals surface area contributed by atoms with Crippen molar-refractivity contribution < 1.29 is 19.1 Å². The topological polar surface area (TPSA) is 64.6 Å². The van der Waals surface area contributed by atoms with Gasteiger partial charge in [-0.15, -0.1) is 0 Å². The third-order valence-corrected chi connectivity index (χ3v) is 1.58. The van der Waals surface area contributed by atoms with Crippen LogP contribution in [0.5, 0.6) is 0 Å². The summed E-state index contributed by atoms with van der Waals surface area (Å²) in [6.07, 6.45) is 0.299. The Kier molecular flexibility index (Phi) is 3.04. The van der Waals surface area contributed by atoms with Gasteiger partial charge in [0.15, 0.2) is 6.04 Å². The largest absolute Gasteiger partial charge is 0.467 e. The first-order valence-corrected chi connectivity index (χ1v) is 3.69. The highest BCUT2D eigenvalue weighted by molar-refractivity contribution is 5.84. The lowest BCUT2D eigenvalue weighted by molar-refractivity contribution is -0.145. The maximum Gasteiger partial charge on any atom is 0.330 e. The van der Waals surface area contributed by atoms with Gasteiger partial charge in [-0.25, -0.2) is 4.79 Å². The van der Waals surface area contributed by atoms with Crippen molar-refractivity contribution in [3.8, 4) is 0 Å². The van der Waals surface area contributed by atoms with Crippen LogP contribution in [0.25, 0.3) is 0 Å². The summed E-state index contributed by atoms with van der Waals surface area (Å²) in [5.74, 6) is -0.645. The molecule has 1 rings (SSSR count). The van der Waals surface area contributed by atoms with E-state index < -0.39 is 12.0 Å². The Balaban J connectivity index is 2.51. The fraction of sp³-hybridized carbons (Fsp3) is 0.714. The maximum atomic E-state index is 10.9. The highest BCUT2D eigenvalue weighted by Gasteiger charge is 2.23. The Labute approximate surface area is 70.0 Å². The molecule has 1 atom stereocenters. The highest BCUT2D eigenvalue weighted by Crippen LogP contribution is 1.97. The maximum absolute atomic E-state index is 10.9. The molecule has 0 radical (unpaired) electrons. The van der Waals surface area contributed by atoms with Gasteiger partial charge in [-0.1, -0.05) is 0 Å². The van der Waals surface area contributed by atoms with Crippen LogP contribution in [-0.2, 0) is 19.1 Å². The van der Waals surface area contributed by atoms with E-state index in [1.54, 1.807) is 0 Å². The molecule has 1 amide bonds. The standard InChI is InChI=1S/C7H11NO4/c1-11-7(10)5-4-12-3-2-6(9)8-5/h5H,2-4H2,1H3,(H,8,9). The molecule has 1 fully saturated rings. The van der Waals surface area contributed by atoms with Crippen LogP contribution in [0.1, 0.15) is 6.42 Å². The second-order valence-electron chi connectivity index (χ2n) is 2.47. The second kappa shape index (κ2) is 4.06. The van der Waals surface area contributed by atoms with Crippen LogP contribution in [0.15, 0.2) is 0 Å². The highest BCUT2D eigenvalue weighted by atomic mass is 16.5. The summed E-state index contributed by atoms with van der Waals surface area (Å²) >= 11 is 0. The van der Waals surface area contributed by atoms with Crippen LogP contribution in [0.4, 0.5) is 0 Å². The van der Waals surface area contributed by atoms with E-state index in [0.29, 0.717) is 13.0 Å². The van der Waals surface area contributed by atoms with Crippen LogP contribution >= 0.6 is 0 Å². The number of ether oxygens (including phenoxy) is 2. The van der Waals surface area contributed by atoms with Crippen molar-refractivity contribution in [1.29, 1.82) is 0 Å². The molecule has 1 unspecified atom stereocenters. The van der Waals surface area contributed by atoms with Crippen molar-refractivity contribution in [3.05, 3.63) is 0 Å². The Morgan fingerprint density at radius 1 is 1.75 bits per heavy atom. The van der Waals surface area contributed by atoms with E-state index in [0.717, 1.165) is 0 Å². The molecule has 5 nitrogen and oxygen atoms in total. The summed E-state index contributed by atoms with van der Waals surface area (Å²) in [6, 6.07) is -0.648. The van der Waals surface area contributed by atoms with E-state index >= 15 is 0 Å². The lowest BCUT2D eigenvalue weighted by Crippen LogP contribution is -2.42. The molecule has 0 aromatic carbocycles. The number of carbonyl (C=O) groups excluding carboxylic acids is 2. The normalized spacial score (nSPS) is 24.1. The number of amides is 1. The Hall–Kier alpha value is -1.10. The van der Waals surface area contributed by atoms with Gasteiger partial charge in [0.2, 0.25) is 5.91 Å². The van der Waals surface area contributed by atoms with E-state index in [1.165, 1.54) is 7.11 Å². The fourth-order valence-electron chi connectivity index (χ4n) is 0.943. The predicted molar refractivity (Wildman–Crippen MR) is 39.4 cm³/mol. The molecule has 1 N–H and O–H groups in total. The molecule has 1 saturated heterocycles. The first-order valence-electron chi connectivity index (χ1n) is 3.69. The van der Waals surface area contributed by atoms with Crippen molar-refractivity contribution in [2.75, 3.05) is 20.3 Å². The molecule has 0 aliphatic carbocycles. The minimum Gasteiger partial charge on any atom is -0.467 e. The fourth-order valence-corrected chi connectivity index (χ4v) is 0.943. The number of esters is 1. The van der Waals surface area contributed by atoms with Gasteiger partial charge in [0, 0.05) is 6.42 Å². The van der Waals surface area contributed by atoms with E-state index in [4.69, 9.17) is 4.74 Å². The summed E-state index contributed by atoms with van der Waals surface area (Å²) in [5, 5.41) is 2.49. The zero-order valence-electron chi connectivity index (χ0n) is 6.83. The van der Waals surface area contributed by atoms with E-state index in [-0.39, 0.29) is 12.5 Å². The van der Waals surface area contributed by atoms with Crippen molar-refractivity contribution in [3.63, 3.8) is 0 Å². The summed E-state index contributed by atoms with van der Waals surface area (Å²) in [7, 11) is 1.28. The Bertz CT molecular complexity index is 192. The van der Waals surface area contributed by atoms with E-state index in [1.807, 2.05) is 0 Å². The zero-order valence-corrected chi connectivity index (χ0v) is 6.83. The first-order chi connectivity index (χ1) is 5.74. The number of hydrogen-bond acceptors (Lipinski definition) is 4. The van der Waals surface area contributed by atoms with Gasteiger partial charge in [-0.3, -0.25) is 4.79 Å². The number of nitrogens with one attached hydrogen (secondary N) is 1. The average Bonchev–Trinajstić information content (AvgIpc) is 2.28. The summed E-state index contributed by atoms with van der Waals surface area (Å²) in [5.41, 5.74) is 0. The average molecular weight is 173 g/mol. The lowest BCUT2D eigenvalue weighted by atomic mass is 10.3. The molecule has 1 aliphatic rings. The third kappa shape index (κ3) is 2.20. The van der Waals surface area contributed by atoms with Gasteiger partial charge >= 0.3 is 5.97 Å². The quantitative estimate of drug-likeness (QED) is 0.520. The van der Waals surface area contributed by atoms with E-state index in [2.05, 4.69) is 10.1 Å². The van der Waals surface area contributed by atoms with Crippen molar-refractivity contribution >= 4 is 11.9 Å². The summed E-state index contributed by atoms with van der Waals surface area (Å²) in [6.45, 7) is 0.553. The predicted octanol–water partition coefficient (Wildman–Crippen LogP) is -0.935. The van der Waals surface area contributed by atoms with Gasteiger partial charge in [0.1, 0.15) is 0 Å². The molecule has 0 aromatic heterocycles. The van der Waals surface area contributed by atoms with Gasteiger partial charge in [0.05, 0.1) is 20.3 Å². The first kappa shape index (κ1) is 8.99. The Morgan fingerprint density at radius 3 is 3.17 bits per heavy atom. The van der Waals surface area contributed by atoms with Crippen molar-refractivity contribution in [2.45, 2.75) is 12.5 Å². The van der Waals surface area contributed by atoms with Gasteiger partial charge < -0.3 is 14.8 Å². The molecule has 0 bridgehead atoms. The van der Waals surface area contributed by atoms with Gasteiger partial charge in [-0.05, 0) is 0 Å². The molecular formula is C7H11NO4. The summed E-state index contributed by atoms with van der Waals surface area (Å²) in [4.78, 5) is 21.9. The van der Waals surface area contributed by atoms with Crippen LogP contribution in [0.2, 0.25) is 0 Å². The second-order valence-corrected chi connectivity index (χ2v) is 2.47. The lowest BCUT2D eigenvalue weighted by Gasteiger charge is -2.11. The number of hydrogen-bond donors (Lipinski definition) is 1. The van der Waals surface area contributed by atoms with Crippen LogP contribution in [0, 0.1) is 0 Å². The number of rotatable bonds is 1.